The Morgan fingerprint density at radius 3 is 2.63 bits per heavy atom. The first-order valence-electron chi connectivity index (χ1n) is 8.20. The minimum Gasteiger partial charge on any atom is -0.324 e. The van der Waals surface area contributed by atoms with E-state index in [-0.39, 0.29) is 6.04 Å². The van der Waals surface area contributed by atoms with Gasteiger partial charge in [0.1, 0.15) is 0 Å². The molecule has 2 N–H and O–H groups in total. The molecule has 1 heteroatoms. The van der Waals surface area contributed by atoms with E-state index in [0.29, 0.717) is 0 Å². The third-order valence-electron chi connectivity index (χ3n) is 5.16. The molecule has 1 aromatic rings. The highest BCUT2D eigenvalue weighted by atomic mass is 14.6. The molecular formula is C18H27N. The Kier molecular flexibility index (Phi) is 4.22. The summed E-state index contributed by atoms with van der Waals surface area (Å²) in [6, 6.07) is 7.23. The molecule has 0 aliphatic heterocycles. The molecule has 1 unspecified atom stereocenters. The second kappa shape index (κ2) is 6.09. The van der Waals surface area contributed by atoms with Crippen LogP contribution in [-0.4, -0.2) is 0 Å². The van der Waals surface area contributed by atoms with Crippen molar-refractivity contribution in [3.05, 3.63) is 34.9 Å². The van der Waals surface area contributed by atoms with Gasteiger partial charge < -0.3 is 5.73 Å². The number of nitrogens with two attached hydrogens (primary N) is 1. The Balaban J connectivity index is 1.56. The van der Waals surface area contributed by atoms with E-state index in [0.717, 1.165) is 5.92 Å². The van der Waals surface area contributed by atoms with Crippen molar-refractivity contribution in [3.63, 3.8) is 0 Å². The molecule has 0 amide bonds. The first-order valence-corrected chi connectivity index (χ1v) is 8.20. The fraction of sp³-hybridized carbons (Fsp3) is 0.667. The monoisotopic (exact) mass is 257 g/mol. The van der Waals surface area contributed by atoms with Gasteiger partial charge in [0.25, 0.3) is 0 Å². The van der Waals surface area contributed by atoms with E-state index in [1.807, 2.05) is 0 Å². The van der Waals surface area contributed by atoms with Crippen molar-refractivity contribution in [2.24, 2.45) is 11.7 Å². The molecule has 1 aromatic carbocycles. The van der Waals surface area contributed by atoms with E-state index in [9.17, 15) is 0 Å². The second-order valence-electron chi connectivity index (χ2n) is 6.57. The van der Waals surface area contributed by atoms with E-state index >= 15 is 0 Å². The van der Waals surface area contributed by atoms with Crippen molar-refractivity contribution in [1.29, 1.82) is 0 Å². The molecule has 1 nitrogen and oxygen atoms in total. The van der Waals surface area contributed by atoms with Gasteiger partial charge >= 0.3 is 0 Å². The van der Waals surface area contributed by atoms with E-state index in [1.54, 1.807) is 11.1 Å². The average molecular weight is 257 g/mol. The van der Waals surface area contributed by atoms with Crippen LogP contribution < -0.4 is 5.73 Å². The molecule has 19 heavy (non-hydrogen) atoms. The predicted molar refractivity (Wildman–Crippen MR) is 81.2 cm³/mol. The highest BCUT2D eigenvalue weighted by Crippen LogP contribution is 2.31. The number of benzene rings is 1. The van der Waals surface area contributed by atoms with Crippen LogP contribution in [0, 0.1) is 5.92 Å². The van der Waals surface area contributed by atoms with Crippen LogP contribution in [0.1, 0.15) is 74.1 Å². The molecule has 1 fully saturated rings. The fourth-order valence-electron chi connectivity index (χ4n) is 3.88. The van der Waals surface area contributed by atoms with Crippen LogP contribution in [0.15, 0.2) is 18.2 Å². The Hall–Kier alpha value is -0.820. The summed E-state index contributed by atoms with van der Waals surface area (Å²) in [5.41, 5.74) is 10.9. The maximum Gasteiger partial charge on any atom is 0.0295 e. The topological polar surface area (TPSA) is 26.0 Å². The zero-order valence-electron chi connectivity index (χ0n) is 12.0. The maximum absolute atomic E-state index is 6.41. The van der Waals surface area contributed by atoms with Gasteiger partial charge in [-0.05, 0) is 54.7 Å². The Morgan fingerprint density at radius 2 is 1.79 bits per heavy atom. The average Bonchev–Trinajstić information content (AvgIpc) is 2.93. The van der Waals surface area contributed by atoms with Gasteiger partial charge in [-0.25, -0.2) is 0 Å². The van der Waals surface area contributed by atoms with Crippen LogP contribution in [0.4, 0.5) is 0 Å². The van der Waals surface area contributed by atoms with Crippen molar-refractivity contribution in [3.8, 4) is 0 Å². The maximum atomic E-state index is 6.41. The largest absolute Gasteiger partial charge is 0.324 e. The van der Waals surface area contributed by atoms with Crippen LogP contribution in [-0.2, 0) is 12.8 Å². The quantitative estimate of drug-likeness (QED) is 0.842. The zero-order chi connectivity index (χ0) is 13.1. The van der Waals surface area contributed by atoms with E-state index in [4.69, 9.17) is 5.73 Å². The van der Waals surface area contributed by atoms with Crippen LogP contribution >= 0.6 is 0 Å². The summed E-state index contributed by atoms with van der Waals surface area (Å²) in [4.78, 5) is 0. The molecule has 3 rings (SSSR count). The summed E-state index contributed by atoms with van der Waals surface area (Å²) in [6.07, 6.45) is 13.6. The normalized spacial score (nSPS) is 21.3. The van der Waals surface area contributed by atoms with Crippen LogP contribution in [0.2, 0.25) is 0 Å². The third kappa shape index (κ3) is 3.20. The first-order chi connectivity index (χ1) is 9.33. The van der Waals surface area contributed by atoms with Crippen molar-refractivity contribution in [2.75, 3.05) is 0 Å². The van der Waals surface area contributed by atoms with E-state index in [2.05, 4.69) is 18.2 Å². The molecule has 0 saturated heterocycles. The molecule has 2 aliphatic rings. The molecule has 0 heterocycles. The van der Waals surface area contributed by atoms with Crippen molar-refractivity contribution in [1.82, 2.24) is 0 Å². The molecule has 0 radical (unpaired) electrons. The molecular weight excluding hydrogens is 230 g/mol. The van der Waals surface area contributed by atoms with Gasteiger partial charge in [-0.15, -0.1) is 0 Å². The van der Waals surface area contributed by atoms with Gasteiger partial charge in [0, 0.05) is 6.04 Å². The Labute approximate surface area is 117 Å². The van der Waals surface area contributed by atoms with Gasteiger partial charge in [0.15, 0.2) is 0 Å². The summed E-state index contributed by atoms with van der Waals surface area (Å²) in [6.45, 7) is 0. The standard InChI is InChI=1S/C18H27N/c19-18(12-9-14-5-2-1-3-6-14)17-11-10-15-7-4-8-16(15)13-17/h10-11,13-14,18H,1-9,12,19H2. The summed E-state index contributed by atoms with van der Waals surface area (Å²) < 4.78 is 0. The van der Waals surface area contributed by atoms with Gasteiger partial charge in [-0.1, -0.05) is 50.3 Å². The number of hydrogen-bond acceptors (Lipinski definition) is 1. The van der Waals surface area contributed by atoms with Gasteiger partial charge in [-0.2, -0.15) is 0 Å². The second-order valence-corrected chi connectivity index (χ2v) is 6.57. The lowest BCUT2D eigenvalue weighted by molar-refractivity contribution is 0.324. The molecule has 0 aromatic heterocycles. The van der Waals surface area contributed by atoms with Crippen molar-refractivity contribution < 1.29 is 0 Å². The highest BCUT2D eigenvalue weighted by molar-refractivity contribution is 5.36. The summed E-state index contributed by atoms with van der Waals surface area (Å²) in [7, 11) is 0. The minimum atomic E-state index is 0.257. The SMILES string of the molecule is NC(CCC1CCCCC1)c1ccc2c(c1)CCC2. The minimum absolute atomic E-state index is 0.257. The first kappa shape index (κ1) is 13.2. The lowest BCUT2D eigenvalue weighted by Crippen LogP contribution is -2.14. The van der Waals surface area contributed by atoms with Crippen molar-refractivity contribution >= 4 is 0 Å². The van der Waals surface area contributed by atoms with Gasteiger partial charge in [0.2, 0.25) is 0 Å². The van der Waals surface area contributed by atoms with Crippen LogP contribution in [0.5, 0.6) is 0 Å². The fourth-order valence-corrected chi connectivity index (χ4v) is 3.88. The summed E-state index contributed by atoms with van der Waals surface area (Å²) >= 11 is 0. The van der Waals surface area contributed by atoms with Crippen LogP contribution in [0.25, 0.3) is 0 Å². The summed E-state index contributed by atoms with van der Waals surface area (Å²) in [5.74, 6) is 0.953. The lowest BCUT2D eigenvalue weighted by Gasteiger charge is -2.23. The Bertz CT molecular complexity index is 418. The third-order valence-corrected chi connectivity index (χ3v) is 5.16. The highest BCUT2D eigenvalue weighted by Gasteiger charge is 2.17. The molecule has 0 bridgehead atoms. The summed E-state index contributed by atoms with van der Waals surface area (Å²) in [5, 5.41) is 0. The molecule has 1 saturated carbocycles. The zero-order valence-corrected chi connectivity index (χ0v) is 12.0. The molecule has 104 valence electrons. The van der Waals surface area contributed by atoms with E-state index in [1.165, 1.54) is 69.8 Å². The molecule has 0 spiro atoms. The number of hydrogen-bond donors (Lipinski definition) is 1. The lowest BCUT2D eigenvalue weighted by atomic mass is 9.84. The van der Waals surface area contributed by atoms with Gasteiger partial charge in [0.05, 0.1) is 0 Å². The number of rotatable bonds is 4. The predicted octanol–water partition coefficient (Wildman–Crippen LogP) is 4.54. The smallest absolute Gasteiger partial charge is 0.0295 e. The Morgan fingerprint density at radius 1 is 1.00 bits per heavy atom. The van der Waals surface area contributed by atoms with Crippen molar-refractivity contribution in [2.45, 2.75) is 70.3 Å². The molecule has 1 atom stereocenters. The molecule has 2 aliphatic carbocycles. The van der Waals surface area contributed by atoms with Crippen LogP contribution in [0.3, 0.4) is 0 Å². The number of aryl methyl sites for hydroxylation is 2. The van der Waals surface area contributed by atoms with Gasteiger partial charge in [-0.3, -0.25) is 0 Å². The van der Waals surface area contributed by atoms with E-state index < -0.39 is 0 Å². The number of fused-ring (bicyclic) bond motifs is 1.